The quantitative estimate of drug-likeness (QED) is 0.727. The molecule has 0 bridgehead atoms. The van der Waals surface area contributed by atoms with Gasteiger partial charge in [-0.15, -0.1) is 0 Å². The summed E-state index contributed by atoms with van der Waals surface area (Å²) in [4.78, 5) is 2.65. The highest BCUT2D eigenvalue weighted by atomic mass is 15.2. The summed E-state index contributed by atoms with van der Waals surface area (Å²) in [6.07, 6.45) is 8.34. The molecule has 1 atom stereocenters. The Hall–Kier alpha value is -0.0800. The van der Waals surface area contributed by atoms with Crippen molar-refractivity contribution in [2.24, 2.45) is 0 Å². The van der Waals surface area contributed by atoms with E-state index in [0.717, 1.165) is 0 Å². The van der Waals surface area contributed by atoms with E-state index >= 15 is 0 Å². The first-order valence-electron chi connectivity index (χ1n) is 6.32. The van der Waals surface area contributed by atoms with Crippen LogP contribution in [0.3, 0.4) is 0 Å². The number of hydrogen-bond acceptors (Lipinski definition) is 2. The van der Waals surface area contributed by atoms with Crippen LogP contribution in [0, 0.1) is 0 Å². The van der Waals surface area contributed by atoms with E-state index in [9.17, 15) is 0 Å². The van der Waals surface area contributed by atoms with Gasteiger partial charge in [-0.2, -0.15) is 0 Å². The Morgan fingerprint density at radius 3 is 2.79 bits per heavy atom. The largest absolute Gasteiger partial charge is 0.310 e. The van der Waals surface area contributed by atoms with E-state index in [2.05, 4.69) is 17.1 Å². The zero-order valence-corrected chi connectivity index (χ0v) is 9.52. The first kappa shape index (κ1) is 10.4. The predicted octanol–water partition coefficient (Wildman–Crippen LogP) is 2.00. The molecule has 2 heteroatoms. The molecule has 1 unspecified atom stereocenters. The van der Waals surface area contributed by atoms with Gasteiger partial charge in [-0.3, -0.25) is 0 Å². The SMILES string of the molecule is CCCN1CCCC2(CCCCN2)C1. The van der Waals surface area contributed by atoms with Crippen molar-refractivity contribution < 1.29 is 0 Å². The maximum Gasteiger partial charge on any atom is 0.0309 e. The molecule has 2 heterocycles. The first-order valence-corrected chi connectivity index (χ1v) is 6.32. The minimum atomic E-state index is 0.506. The van der Waals surface area contributed by atoms with E-state index in [1.54, 1.807) is 0 Å². The lowest BCUT2D eigenvalue weighted by Crippen LogP contribution is -2.58. The molecular weight excluding hydrogens is 172 g/mol. The van der Waals surface area contributed by atoms with Gasteiger partial charge in [0.2, 0.25) is 0 Å². The lowest BCUT2D eigenvalue weighted by atomic mass is 9.82. The van der Waals surface area contributed by atoms with Gasteiger partial charge in [0.25, 0.3) is 0 Å². The molecule has 0 aromatic carbocycles. The lowest BCUT2D eigenvalue weighted by molar-refractivity contribution is 0.0989. The van der Waals surface area contributed by atoms with Crippen LogP contribution >= 0.6 is 0 Å². The molecule has 2 aliphatic rings. The molecule has 0 saturated carbocycles. The van der Waals surface area contributed by atoms with Gasteiger partial charge in [-0.05, 0) is 51.7 Å². The van der Waals surface area contributed by atoms with Gasteiger partial charge in [0, 0.05) is 12.1 Å². The molecule has 14 heavy (non-hydrogen) atoms. The summed E-state index contributed by atoms with van der Waals surface area (Å²) < 4.78 is 0. The van der Waals surface area contributed by atoms with Gasteiger partial charge >= 0.3 is 0 Å². The van der Waals surface area contributed by atoms with Crippen LogP contribution in [0.2, 0.25) is 0 Å². The summed E-state index contributed by atoms with van der Waals surface area (Å²) in [6.45, 7) is 7.47. The van der Waals surface area contributed by atoms with Crippen LogP contribution in [0.15, 0.2) is 0 Å². The Kier molecular flexibility index (Phi) is 3.45. The van der Waals surface area contributed by atoms with Crippen LogP contribution in [0.5, 0.6) is 0 Å². The fraction of sp³-hybridized carbons (Fsp3) is 1.00. The fourth-order valence-corrected chi connectivity index (χ4v) is 3.11. The van der Waals surface area contributed by atoms with Gasteiger partial charge in [-0.25, -0.2) is 0 Å². The molecule has 2 nitrogen and oxygen atoms in total. The van der Waals surface area contributed by atoms with E-state index in [4.69, 9.17) is 0 Å². The molecule has 2 aliphatic heterocycles. The van der Waals surface area contributed by atoms with Crippen molar-refractivity contribution in [1.29, 1.82) is 0 Å². The van der Waals surface area contributed by atoms with Crippen LogP contribution in [-0.2, 0) is 0 Å². The van der Waals surface area contributed by atoms with Crippen LogP contribution in [0.4, 0.5) is 0 Å². The fourth-order valence-electron chi connectivity index (χ4n) is 3.11. The highest BCUT2D eigenvalue weighted by Crippen LogP contribution is 2.29. The normalized spacial score (nSPS) is 34.9. The third-order valence-electron chi connectivity index (χ3n) is 3.78. The maximum atomic E-state index is 3.78. The summed E-state index contributed by atoms with van der Waals surface area (Å²) in [6, 6.07) is 0. The molecule has 0 aromatic heterocycles. The highest BCUT2D eigenvalue weighted by Gasteiger charge is 2.35. The second kappa shape index (κ2) is 4.63. The molecule has 2 saturated heterocycles. The van der Waals surface area contributed by atoms with Gasteiger partial charge in [0.1, 0.15) is 0 Å². The molecule has 82 valence electrons. The van der Waals surface area contributed by atoms with Gasteiger partial charge in [0.05, 0.1) is 0 Å². The molecule has 1 N–H and O–H groups in total. The number of likely N-dealkylation sites (tertiary alicyclic amines) is 1. The average molecular weight is 196 g/mol. The number of hydrogen-bond donors (Lipinski definition) is 1. The summed E-state index contributed by atoms with van der Waals surface area (Å²) >= 11 is 0. The zero-order valence-electron chi connectivity index (χ0n) is 9.52. The minimum absolute atomic E-state index is 0.506. The maximum absolute atomic E-state index is 3.78. The van der Waals surface area contributed by atoms with Crippen molar-refractivity contribution in [2.75, 3.05) is 26.2 Å². The van der Waals surface area contributed by atoms with Crippen molar-refractivity contribution in [3.05, 3.63) is 0 Å². The van der Waals surface area contributed by atoms with Gasteiger partial charge < -0.3 is 10.2 Å². The van der Waals surface area contributed by atoms with Gasteiger partial charge in [-0.1, -0.05) is 13.3 Å². The molecule has 0 aromatic rings. The number of rotatable bonds is 2. The third-order valence-corrected chi connectivity index (χ3v) is 3.78. The Bertz CT molecular complexity index is 166. The van der Waals surface area contributed by atoms with Crippen LogP contribution in [0.25, 0.3) is 0 Å². The zero-order chi connectivity index (χ0) is 9.86. The molecule has 0 amide bonds. The van der Waals surface area contributed by atoms with E-state index < -0.39 is 0 Å². The first-order chi connectivity index (χ1) is 6.85. The second-order valence-electron chi connectivity index (χ2n) is 5.04. The van der Waals surface area contributed by atoms with Crippen molar-refractivity contribution in [3.8, 4) is 0 Å². The summed E-state index contributed by atoms with van der Waals surface area (Å²) in [7, 11) is 0. The molecular formula is C12H24N2. The van der Waals surface area contributed by atoms with E-state index in [-0.39, 0.29) is 0 Å². The van der Waals surface area contributed by atoms with Gasteiger partial charge in [0.15, 0.2) is 0 Å². The van der Waals surface area contributed by atoms with Crippen molar-refractivity contribution in [3.63, 3.8) is 0 Å². The van der Waals surface area contributed by atoms with Crippen LogP contribution < -0.4 is 5.32 Å². The topological polar surface area (TPSA) is 15.3 Å². The van der Waals surface area contributed by atoms with Crippen molar-refractivity contribution in [1.82, 2.24) is 10.2 Å². The Morgan fingerprint density at radius 2 is 2.07 bits per heavy atom. The molecule has 2 rings (SSSR count). The third kappa shape index (κ3) is 2.29. The number of nitrogens with one attached hydrogen (secondary N) is 1. The van der Waals surface area contributed by atoms with Crippen LogP contribution in [0.1, 0.15) is 45.4 Å². The number of piperidine rings is 2. The number of nitrogens with zero attached hydrogens (tertiary/aromatic N) is 1. The van der Waals surface area contributed by atoms with Crippen LogP contribution in [-0.4, -0.2) is 36.6 Å². The Labute approximate surface area is 88.1 Å². The molecule has 1 spiro atoms. The standard InChI is InChI=1S/C12H24N2/c1-2-9-14-10-5-7-12(11-14)6-3-4-8-13-12/h13H,2-11H2,1H3. The van der Waals surface area contributed by atoms with E-state index in [1.165, 1.54) is 64.7 Å². The monoisotopic (exact) mass is 196 g/mol. The highest BCUT2D eigenvalue weighted by molar-refractivity contribution is 4.96. The summed E-state index contributed by atoms with van der Waals surface area (Å²) in [5.74, 6) is 0. The van der Waals surface area contributed by atoms with Crippen molar-refractivity contribution >= 4 is 0 Å². The predicted molar refractivity (Wildman–Crippen MR) is 60.5 cm³/mol. The van der Waals surface area contributed by atoms with E-state index in [1.807, 2.05) is 0 Å². The van der Waals surface area contributed by atoms with E-state index in [0.29, 0.717) is 5.54 Å². The molecule has 0 radical (unpaired) electrons. The summed E-state index contributed by atoms with van der Waals surface area (Å²) in [5, 5.41) is 3.78. The van der Waals surface area contributed by atoms with Crippen molar-refractivity contribution in [2.45, 2.75) is 51.0 Å². The smallest absolute Gasteiger partial charge is 0.0309 e. The average Bonchev–Trinajstić information content (AvgIpc) is 2.19. The Morgan fingerprint density at radius 1 is 1.21 bits per heavy atom. The summed E-state index contributed by atoms with van der Waals surface area (Å²) in [5.41, 5.74) is 0.506. The minimum Gasteiger partial charge on any atom is -0.310 e. The lowest BCUT2D eigenvalue weighted by Gasteiger charge is -2.46. The Balaban J connectivity index is 1.91. The second-order valence-corrected chi connectivity index (χ2v) is 5.04. The molecule has 0 aliphatic carbocycles. The molecule has 2 fully saturated rings.